The van der Waals surface area contributed by atoms with E-state index in [0.29, 0.717) is 21.5 Å². The molecule has 0 saturated heterocycles. The average molecular weight is 384 g/mol. The fourth-order valence-corrected chi connectivity index (χ4v) is 3.95. The van der Waals surface area contributed by atoms with Gasteiger partial charge in [0.1, 0.15) is 11.5 Å². The van der Waals surface area contributed by atoms with Crippen molar-refractivity contribution in [1.82, 2.24) is 4.57 Å². The highest BCUT2D eigenvalue weighted by molar-refractivity contribution is 7.16. The van der Waals surface area contributed by atoms with E-state index in [2.05, 4.69) is 5.32 Å². The third-order valence-corrected chi connectivity index (χ3v) is 5.44. The molecule has 0 unspecified atom stereocenters. The molecule has 0 bridgehead atoms. The highest BCUT2D eigenvalue weighted by Gasteiger charge is 2.22. The van der Waals surface area contributed by atoms with Gasteiger partial charge in [-0.2, -0.15) is 0 Å². The maximum Gasteiger partial charge on any atom is 0.341 e. The van der Waals surface area contributed by atoms with Gasteiger partial charge in [0, 0.05) is 22.5 Å². The Labute approximate surface area is 160 Å². The molecular weight excluding hydrogens is 364 g/mol. The monoisotopic (exact) mass is 384 g/mol. The lowest BCUT2D eigenvalue weighted by atomic mass is 10.1. The molecule has 6 nitrogen and oxygen atoms in total. The number of pyridine rings is 1. The van der Waals surface area contributed by atoms with Crippen LogP contribution in [0.15, 0.2) is 41.3 Å². The van der Waals surface area contributed by atoms with E-state index in [1.54, 1.807) is 35.9 Å². The Kier molecular flexibility index (Phi) is 5.41. The first-order valence-corrected chi connectivity index (χ1v) is 9.39. The summed E-state index contributed by atoms with van der Waals surface area (Å²) in [5.74, 6) is -0.723. The van der Waals surface area contributed by atoms with Crippen molar-refractivity contribution in [3.05, 3.63) is 62.8 Å². The van der Waals surface area contributed by atoms with Gasteiger partial charge >= 0.3 is 5.97 Å². The number of anilines is 1. The van der Waals surface area contributed by atoms with Gasteiger partial charge in [0.15, 0.2) is 5.43 Å². The van der Waals surface area contributed by atoms with Crippen molar-refractivity contribution < 1.29 is 14.3 Å². The van der Waals surface area contributed by atoms with E-state index in [9.17, 15) is 14.4 Å². The summed E-state index contributed by atoms with van der Waals surface area (Å²) in [7, 11) is 0. The molecule has 3 rings (SSSR count). The zero-order valence-electron chi connectivity index (χ0n) is 15.4. The van der Waals surface area contributed by atoms with Crippen LogP contribution in [0.25, 0.3) is 10.9 Å². The third kappa shape index (κ3) is 3.78. The molecule has 27 heavy (non-hydrogen) atoms. The van der Waals surface area contributed by atoms with Crippen LogP contribution in [0.1, 0.15) is 27.7 Å². The standard InChI is InChI=1S/C20H20N2O4S/c1-4-26-20(25)18-12(2)13(3)27-19(18)21-17(24)11-22-10-9-16(23)14-7-5-6-8-15(14)22/h5-10H,4,11H2,1-3H3,(H,21,24). The first kappa shape index (κ1) is 18.8. The number of carbonyl (C=O) groups excluding carboxylic acids is 2. The number of ether oxygens (including phenoxy) is 1. The number of nitrogens with zero attached hydrogens (tertiary/aromatic N) is 1. The van der Waals surface area contributed by atoms with Crippen LogP contribution in [-0.2, 0) is 16.1 Å². The average Bonchev–Trinajstić information content (AvgIpc) is 2.91. The molecule has 0 aliphatic rings. The molecule has 0 atom stereocenters. The van der Waals surface area contributed by atoms with Crippen molar-refractivity contribution in [3.63, 3.8) is 0 Å². The lowest BCUT2D eigenvalue weighted by Gasteiger charge is -2.11. The van der Waals surface area contributed by atoms with E-state index >= 15 is 0 Å². The predicted molar refractivity (Wildman–Crippen MR) is 107 cm³/mol. The molecule has 1 N–H and O–H groups in total. The Morgan fingerprint density at radius 2 is 1.93 bits per heavy atom. The molecule has 3 aromatic rings. The van der Waals surface area contributed by atoms with Gasteiger partial charge in [0.05, 0.1) is 17.7 Å². The largest absolute Gasteiger partial charge is 0.462 e. The summed E-state index contributed by atoms with van der Waals surface area (Å²) in [5, 5.41) is 3.86. The minimum Gasteiger partial charge on any atom is -0.462 e. The van der Waals surface area contributed by atoms with Gasteiger partial charge < -0.3 is 14.6 Å². The van der Waals surface area contributed by atoms with E-state index in [1.807, 2.05) is 19.9 Å². The van der Waals surface area contributed by atoms with E-state index in [0.717, 1.165) is 10.4 Å². The number of hydrogen-bond donors (Lipinski definition) is 1. The molecule has 0 radical (unpaired) electrons. The molecule has 2 aromatic heterocycles. The lowest BCUT2D eigenvalue weighted by Crippen LogP contribution is -2.21. The number of esters is 1. The molecule has 140 valence electrons. The van der Waals surface area contributed by atoms with Gasteiger partial charge in [-0.25, -0.2) is 4.79 Å². The van der Waals surface area contributed by atoms with Crippen LogP contribution in [0.5, 0.6) is 0 Å². The van der Waals surface area contributed by atoms with Gasteiger partial charge in [0.2, 0.25) is 5.91 Å². The van der Waals surface area contributed by atoms with Crippen LogP contribution in [0, 0.1) is 13.8 Å². The molecule has 0 fully saturated rings. The number of thiophene rings is 1. The second-order valence-electron chi connectivity index (χ2n) is 6.08. The van der Waals surface area contributed by atoms with Crippen molar-refractivity contribution >= 4 is 39.1 Å². The van der Waals surface area contributed by atoms with Crippen molar-refractivity contribution in [3.8, 4) is 0 Å². The Balaban J connectivity index is 1.88. The third-order valence-electron chi connectivity index (χ3n) is 4.32. The van der Waals surface area contributed by atoms with Gasteiger partial charge in [-0.3, -0.25) is 9.59 Å². The summed E-state index contributed by atoms with van der Waals surface area (Å²) < 4.78 is 6.82. The van der Waals surface area contributed by atoms with E-state index in [4.69, 9.17) is 4.74 Å². The molecule has 1 aromatic carbocycles. The molecule has 7 heteroatoms. The van der Waals surface area contributed by atoms with Crippen LogP contribution in [0.3, 0.4) is 0 Å². The highest BCUT2D eigenvalue weighted by atomic mass is 32.1. The van der Waals surface area contributed by atoms with Crippen LogP contribution in [0.4, 0.5) is 5.00 Å². The van der Waals surface area contributed by atoms with Gasteiger partial charge in [-0.1, -0.05) is 12.1 Å². The maximum atomic E-state index is 12.6. The van der Waals surface area contributed by atoms with E-state index < -0.39 is 5.97 Å². The lowest BCUT2D eigenvalue weighted by molar-refractivity contribution is -0.116. The summed E-state index contributed by atoms with van der Waals surface area (Å²) in [6.07, 6.45) is 1.60. The number of aryl methyl sites for hydroxylation is 1. The molecule has 0 aliphatic carbocycles. The zero-order chi connectivity index (χ0) is 19.6. The van der Waals surface area contributed by atoms with Crippen molar-refractivity contribution in [2.75, 3.05) is 11.9 Å². The first-order valence-electron chi connectivity index (χ1n) is 8.57. The normalized spacial score (nSPS) is 10.8. The van der Waals surface area contributed by atoms with Crippen LogP contribution < -0.4 is 10.7 Å². The number of benzene rings is 1. The molecule has 0 aliphatic heterocycles. The van der Waals surface area contributed by atoms with Crippen LogP contribution in [0.2, 0.25) is 0 Å². The van der Waals surface area contributed by atoms with Gasteiger partial charge in [-0.15, -0.1) is 11.3 Å². The minimum absolute atomic E-state index is 0.0268. The summed E-state index contributed by atoms with van der Waals surface area (Å²) in [5.41, 5.74) is 1.81. The fraction of sp³-hybridized carbons (Fsp3) is 0.250. The summed E-state index contributed by atoms with van der Waals surface area (Å²) >= 11 is 1.35. The zero-order valence-corrected chi connectivity index (χ0v) is 16.2. The number of carbonyl (C=O) groups is 2. The SMILES string of the molecule is CCOC(=O)c1c(NC(=O)Cn2ccc(=O)c3ccccc32)sc(C)c1C. The predicted octanol–water partition coefficient (Wildman–Crippen LogP) is 3.50. The number of aromatic nitrogens is 1. The molecule has 0 spiro atoms. The second-order valence-corrected chi connectivity index (χ2v) is 7.31. The number of nitrogens with one attached hydrogen (secondary N) is 1. The summed E-state index contributed by atoms with van der Waals surface area (Å²) in [4.78, 5) is 37.8. The minimum atomic E-state index is -0.441. The first-order chi connectivity index (χ1) is 12.9. The van der Waals surface area contributed by atoms with E-state index in [-0.39, 0.29) is 24.5 Å². The second kappa shape index (κ2) is 7.75. The van der Waals surface area contributed by atoms with Gasteiger partial charge in [0.25, 0.3) is 0 Å². The highest BCUT2D eigenvalue weighted by Crippen LogP contribution is 2.33. The number of rotatable bonds is 5. The number of amides is 1. The molecular formula is C20H20N2O4S. The molecule has 0 saturated carbocycles. The van der Waals surface area contributed by atoms with Crippen molar-refractivity contribution in [1.29, 1.82) is 0 Å². The topological polar surface area (TPSA) is 77.4 Å². The van der Waals surface area contributed by atoms with Crippen LogP contribution in [-0.4, -0.2) is 23.1 Å². The van der Waals surface area contributed by atoms with Crippen molar-refractivity contribution in [2.45, 2.75) is 27.3 Å². The number of fused-ring (bicyclic) bond motifs is 1. The fourth-order valence-electron chi connectivity index (χ4n) is 2.88. The van der Waals surface area contributed by atoms with Gasteiger partial charge in [-0.05, 0) is 38.5 Å². The summed E-state index contributed by atoms with van der Waals surface area (Å²) in [6, 6.07) is 8.58. The maximum absolute atomic E-state index is 12.6. The smallest absolute Gasteiger partial charge is 0.341 e. The Morgan fingerprint density at radius 1 is 1.19 bits per heavy atom. The van der Waals surface area contributed by atoms with E-state index in [1.165, 1.54) is 17.4 Å². The summed E-state index contributed by atoms with van der Waals surface area (Å²) in [6.45, 7) is 5.77. The Hall–Kier alpha value is -2.93. The van der Waals surface area contributed by atoms with Crippen LogP contribution >= 0.6 is 11.3 Å². The Bertz CT molecular complexity index is 1080. The molecule has 1 amide bonds. The van der Waals surface area contributed by atoms with Crippen molar-refractivity contribution in [2.24, 2.45) is 0 Å². The number of hydrogen-bond acceptors (Lipinski definition) is 5. The quantitative estimate of drug-likeness (QED) is 0.683. The molecule has 2 heterocycles. The number of para-hydroxylation sites is 1. The Morgan fingerprint density at radius 3 is 2.67 bits per heavy atom.